The summed E-state index contributed by atoms with van der Waals surface area (Å²) in [5, 5.41) is 14.8. The van der Waals surface area contributed by atoms with Crippen LogP contribution in [0.25, 0.3) is 21.9 Å². The number of hydrogen-bond acceptors (Lipinski definition) is 7. The molecular weight excluding hydrogens is 477 g/mol. The Labute approximate surface area is 205 Å². The first kappa shape index (κ1) is 22.8. The van der Waals surface area contributed by atoms with Gasteiger partial charge in [-0.15, -0.1) is 0 Å². The third-order valence-electron chi connectivity index (χ3n) is 6.15. The molecule has 1 amide bonds. The van der Waals surface area contributed by atoms with Crippen molar-refractivity contribution < 1.29 is 9.90 Å². The molecule has 1 saturated heterocycles. The molecule has 5 N–H and O–H groups in total. The van der Waals surface area contributed by atoms with Crippen molar-refractivity contribution in [2.75, 3.05) is 25.0 Å². The van der Waals surface area contributed by atoms with Crippen molar-refractivity contribution in [3.8, 4) is 0 Å². The van der Waals surface area contributed by atoms with Crippen molar-refractivity contribution in [2.24, 2.45) is 5.73 Å². The number of fused-ring (bicyclic) bond motifs is 2. The zero-order chi connectivity index (χ0) is 23.8. The van der Waals surface area contributed by atoms with Crippen molar-refractivity contribution in [2.45, 2.75) is 24.9 Å². The van der Waals surface area contributed by atoms with E-state index in [-0.39, 0.29) is 18.6 Å². The second kappa shape index (κ2) is 9.34. The van der Waals surface area contributed by atoms with Gasteiger partial charge in [-0.1, -0.05) is 23.2 Å². The number of rotatable bonds is 6. The topological polar surface area (TPSA) is 133 Å². The molecule has 1 fully saturated rings. The van der Waals surface area contributed by atoms with Crippen molar-refractivity contribution in [3.63, 3.8) is 0 Å². The molecule has 0 spiro atoms. The Bertz CT molecular complexity index is 1380. The van der Waals surface area contributed by atoms with E-state index < -0.39 is 6.04 Å². The van der Waals surface area contributed by atoms with Gasteiger partial charge in [-0.05, 0) is 43.2 Å². The molecule has 2 atom stereocenters. The number of aliphatic hydroxyl groups is 1. The Balaban J connectivity index is 1.47. The minimum Gasteiger partial charge on any atom is -0.394 e. The molecule has 176 valence electrons. The van der Waals surface area contributed by atoms with E-state index in [1.807, 2.05) is 6.07 Å². The van der Waals surface area contributed by atoms with E-state index >= 15 is 0 Å². The molecule has 1 aliphatic rings. The van der Waals surface area contributed by atoms with Crippen LogP contribution < -0.4 is 11.1 Å². The highest BCUT2D eigenvalue weighted by Gasteiger charge is 2.30. The lowest BCUT2D eigenvalue weighted by Crippen LogP contribution is -2.40. The summed E-state index contributed by atoms with van der Waals surface area (Å²) in [4.78, 5) is 31.4. The Morgan fingerprint density at radius 2 is 2.12 bits per heavy atom. The lowest BCUT2D eigenvalue weighted by Gasteiger charge is -2.24. The van der Waals surface area contributed by atoms with Gasteiger partial charge in [0.15, 0.2) is 0 Å². The third kappa shape index (κ3) is 4.16. The zero-order valence-electron chi connectivity index (χ0n) is 18.1. The Morgan fingerprint density at radius 3 is 2.91 bits per heavy atom. The van der Waals surface area contributed by atoms with Crippen LogP contribution in [0, 0.1) is 0 Å². The maximum atomic E-state index is 13.2. The van der Waals surface area contributed by atoms with Crippen LogP contribution in [0.1, 0.15) is 35.1 Å². The average Bonchev–Trinajstić information content (AvgIpc) is 3.48. The molecule has 34 heavy (non-hydrogen) atoms. The number of aromatic amines is 1. The number of hydrogen-bond donors (Lipinski definition) is 4. The van der Waals surface area contributed by atoms with Gasteiger partial charge in [0.25, 0.3) is 5.91 Å². The molecule has 1 aliphatic heterocycles. The minimum atomic E-state index is -0.570. The maximum Gasteiger partial charge on any atom is 0.255 e. The Morgan fingerprint density at radius 1 is 1.26 bits per heavy atom. The quantitative estimate of drug-likeness (QED) is 0.318. The molecule has 0 aliphatic carbocycles. The smallest absolute Gasteiger partial charge is 0.255 e. The van der Waals surface area contributed by atoms with Crippen molar-refractivity contribution in [1.29, 1.82) is 0 Å². The first-order valence-electron chi connectivity index (χ1n) is 11.0. The molecule has 2 aromatic carbocycles. The van der Waals surface area contributed by atoms with Crippen LogP contribution in [0.15, 0.2) is 36.7 Å². The SMILES string of the molecule is NC[C@H]1CCCN1C(=O)c1cc2ncnc(N[C@H](CO)c3nc4cc(Cl)ccc4[nH]3)c2cc1Cl. The number of nitrogens with one attached hydrogen (secondary N) is 2. The predicted molar refractivity (Wildman–Crippen MR) is 132 cm³/mol. The van der Waals surface area contributed by atoms with Crippen LogP contribution in [0.5, 0.6) is 0 Å². The minimum absolute atomic E-state index is 0.0193. The van der Waals surface area contributed by atoms with Crippen LogP contribution in [-0.2, 0) is 0 Å². The maximum absolute atomic E-state index is 13.2. The second-order valence-electron chi connectivity index (χ2n) is 8.26. The molecule has 2 aromatic heterocycles. The highest BCUT2D eigenvalue weighted by atomic mass is 35.5. The van der Waals surface area contributed by atoms with Crippen LogP contribution in [0.2, 0.25) is 10.0 Å². The van der Waals surface area contributed by atoms with Gasteiger partial charge in [0.2, 0.25) is 0 Å². The van der Waals surface area contributed by atoms with Gasteiger partial charge in [0.05, 0.1) is 33.7 Å². The molecule has 5 rings (SSSR count). The molecular formula is C23H23Cl2N7O2. The molecule has 11 heteroatoms. The van der Waals surface area contributed by atoms with E-state index in [1.54, 1.807) is 29.2 Å². The highest BCUT2D eigenvalue weighted by molar-refractivity contribution is 6.35. The lowest BCUT2D eigenvalue weighted by atomic mass is 10.1. The lowest BCUT2D eigenvalue weighted by molar-refractivity contribution is 0.0741. The molecule has 0 bridgehead atoms. The molecule has 4 aromatic rings. The van der Waals surface area contributed by atoms with Gasteiger partial charge in [0.1, 0.15) is 24.0 Å². The van der Waals surface area contributed by atoms with Gasteiger partial charge in [0, 0.05) is 29.5 Å². The molecule has 9 nitrogen and oxygen atoms in total. The molecule has 3 heterocycles. The number of carbonyl (C=O) groups excluding carboxylic acids is 1. The number of likely N-dealkylation sites (tertiary alicyclic amines) is 1. The molecule has 0 unspecified atom stereocenters. The van der Waals surface area contributed by atoms with Gasteiger partial charge in [-0.2, -0.15) is 0 Å². The van der Waals surface area contributed by atoms with Gasteiger partial charge >= 0.3 is 0 Å². The monoisotopic (exact) mass is 499 g/mol. The summed E-state index contributed by atoms with van der Waals surface area (Å²) >= 11 is 12.6. The summed E-state index contributed by atoms with van der Waals surface area (Å²) in [6.45, 7) is 0.842. The fourth-order valence-corrected chi connectivity index (χ4v) is 4.80. The standard InChI is InChI=1S/C23H23Cl2N7O2/c24-12-3-4-17-19(6-12)30-22(29-17)20(10-33)31-21-15-7-16(25)14(8-18(15)27-11-28-21)23(34)32-5-1-2-13(32)9-26/h3-4,6-8,11,13,20,33H,1-2,5,9-10,26H2,(H,29,30)(H,27,28,31)/t13-,20-/m1/s1. The Kier molecular flexibility index (Phi) is 6.26. The Hall–Kier alpha value is -2.98. The summed E-state index contributed by atoms with van der Waals surface area (Å²) in [5.41, 5.74) is 8.27. The fourth-order valence-electron chi connectivity index (χ4n) is 4.39. The number of benzene rings is 2. The molecule has 0 radical (unpaired) electrons. The third-order valence-corrected chi connectivity index (χ3v) is 6.70. The van der Waals surface area contributed by atoms with Crippen LogP contribution in [0.4, 0.5) is 5.82 Å². The van der Waals surface area contributed by atoms with Crippen LogP contribution in [-0.4, -0.2) is 61.6 Å². The number of aromatic nitrogens is 4. The first-order chi connectivity index (χ1) is 16.5. The number of amides is 1. The summed E-state index contributed by atoms with van der Waals surface area (Å²) in [6.07, 6.45) is 3.21. The van der Waals surface area contributed by atoms with E-state index in [9.17, 15) is 9.90 Å². The summed E-state index contributed by atoms with van der Waals surface area (Å²) < 4.78 is 0. The van der Waals surface area contributed by atoms with Crippen LogP contribution in [0.3, 0.4) is 0 Å². The fraction of sp³-hybridized carbons (Fsp3) is 0.304. The van der Waals surface area contributed by atoms with Crippen molar-refractivity contribution >= 4 is 56.9 Å². The van der Waals surface area contributed by atoms with Crippen molar-refractivity contribution in [1.82, 2.24) is 24.8 Å². The highest BCUT2D eigenvalue weighted by Crippen LogP contribution is 2.31. The zero-order valence-corrected chi connectivity index (χ0v) is 19.6. The van der Waals surface area contributed by atoms with Crippen LogP contribution >= 0.6 is 23.2 Å². The number of halogens is 2. The number of imidazole rings is 1. The van der Waals surface area contributed by atoms with Crippen molar-refractivity contribution in [3.05, 3.63) is 58.1 Å². The summed E-state index contributed by atoms with van der Waals surface area (Å²) in [6, 6.07) is 8.15. The number of carbonyl (C=O) groups is 1. The van der Waals surface area contributed by atoms with Gasteiger partial charge in [-0.3, -0.25) is 4.79 Å². The van der Waals surface area contributed by atoms with Gasteiger partial charge in [-0.25, -0.2) is 15.0 Å². The number of nitrogens with two attached hydrogens (primary N) is 1. The summed E-state index contributed by atoms with van der Waals surface area (Å²) in [5.74, 6) is 0.845. The first-order valence-corrected chi connectivity index (χ1v) is 11.7. The van der Waals surface area contributed by atoms with E-state index in [2.05, 4.69) is 25.3 Å². The number of H-pyrrole nitrogens is 1. The van der Waals surface area contributed by atoms with E-state index in [0.717, 1.165) is 18.4 Å². The summed E-state index contributed by atoms with van der Waals surface area (Å²) in [7, 11) is 0. The average molecular weight is 500 g/mol. The largest absolute Gasteiger partial charge is 0.394 e. The predicted octanol–water partition coefficient (Wildman–Crippen LogP) is 3.52. The number of anilines is 1. The number of nitrogens with zero attached hydrogens (tertiary/aromatic N) is 4. The van der Waals surface area contributed by atoms with Gasteiger partial charge < -0.3 is 26.0 Å². The molecule has 0 saturated carbocycles. The normalized spacial score (nSPS) is 16.9. The van der Waals surface area contributed by atoms with E-state index in [1.165, 1.54) is 6.33 Å². The van der Waals surface area contributed by atoms with E-state index in [0.29, 0.717) is 56.8 Å². The van der Waals surface area contributed by atoms with E-state index in [4.69, 9.17) is 28.9 Å². The number of aliphatic hydroxyl groups excluding tert-OH is 1. The second-order valence-corrected chi connectivity index (χ2v) is 9.11.